The quantitative estimate of drug-likeness (QED) is 0.514. The zero-order valence-corrected chi connectivity index (χ0v) is 12.7. The Bertz CT molecular complexity index is 679. The van der Waals surface area contributed by atoms with Crippen LogP contribution in [0.5, 0.6) is 5.75 Å². The third-order valence-corrected chi connectivity index (χ3v) is 4.55. The molecule has 1 aromatic carbocycles. The van der Waals surface area contributed by atoms with E-state index in [1.54, 1.807) is 16.3 Å². The van der Waals surface area contributed by atoms with Gasteiger partial charge in [-0.2, -0.15) is 11.8 Å². The Balaban J connectivity index is 2.37. The summed E-state index contributed by atoms with van der Waals surface area (Å²) in [5.74, 6) is 1.52. The van der Waals surface area contributed by atoms with E-state index < -0.39 is 6.36 Å². The van der Waals surface area contributed by atoms with E-state index in [1.165, 1.54) is 18.2 Å². The van der Waals surface area contributed by atoms with Gasteiger partial charge in [-0.1, -0.05) is 23.4 Å². The molecular formula is C12H13F3N2O2S2. The Morgan fingerprint density at radius 1 is 1.43 bits per heavy atom. The van der Waals surface area contributed by atoms with Gasteiger partial charge in [-0.05, 0) is 24.0 Å². The number of nitrogens with zero attached hydrogens (tertiary/aromatic N) is 2. The summed E-state index contributed by atoms with van der Waals surface area (Å²) in [5, 5.41) is 12.2. The lowest BCUT2D eigenvalue weighted by Gasteiger charge is -2.09. The van der Waals surface area contributed by atoms with Crippen LogP contribution in [0.25, 0.3) is 10.2 Å². The molecule has 0 bridgehead atoms. The van der Waals surface area contributed by atoms with Crippen LogP contribution in [-0.4, -0.2) is 27.6 Å². The van der Waals surface area contributed by atoms with E-state index in [-0.39, 0.29) is 5.75 Å². The second kappa shape index (κ2) is 6.61. The molecule has 0 atom stereocenters. The molecule has 0 fully saturated rings. The summed E-state index contributed by atoms with van der Waals surface area (Å²) >= 11 is 2.84. The highest BCUT2D eigenvalue weighted by atomic mass is 32.2. The molecular weight excluding hydrogens is 325 g/mol. The SMILES string of the molecule is CCSCCn1/c(=N/O)sc2cc(OC(F)(F)F)ccc21. The third kappa shape index (κ3) is 4.07. The number of ether oxygens (including phenoxy) is 1. The van der Waals surface area contributed by atoms with Gasteiger partial charge in [0, 0.05) is 12.3 Å². The summed E-state index contributed by atoms with van der Waals surface area (Å²) in [5.41, 5.74) is 0.721. The first-order chi connectivity index (χ1) is 9.94. The van der Waals surface area contributed by atoms with Gasteiger partial charge in [-0.25, -0.2) is 0 Å². The summed E-state index contributed by atoms with van der Waals surface area (Å²) < 4.78 is 42.9. The average molecular weight is 338 g/mol. The van der Waals surface area contributed by atoms with Crippen LogP contribution in [0.3, 0.4) is 0 Å². The summed E-state index contributed by atoms with van der Waals surface area (Å²) in [6.07, 6.45) is -4.72. The molecule has 1 heterocycles. The molecule has 0 aliphatic carbocycles. The summed E-state index contributed by atoms with van der Waals surface area (Å²) in [7, 11) is 0. The standard InChI is InChI=1S/C12H13F3N2O2S2/c1-2-20-6-5-17-9-4-3-8(19-12(13,14)15)7-10(9)21-11(17)16-18/h3-4,7,18H,2,5-6H2,1H3/b16-11-. The lowest BCUT2D eigenvalue weighted by Crippen LogP contribution is -2.17. The Morgan fingerprint density at radius 2 is 2.19 bits per heavy atom. The monoisotopic (exact) mass is 338 g/mol. The van der Waals surface area contributed by atoms with Crippen molar-refractivity contribution in [3.63, 3.8) is 0 Å². The highest BCUT2D eigenvalue weighted by Gasteiger charge is 2.31. The highest BCUT2D eigenvalue weighted by Crippen LogP contribution is 2.28. The van der Waals surface area contributed by atoms with Gasteiger partial charge in [0.1, 0.15) is 5.75 Å². The number of aryl methyl sites for hydroxylation is 1. The minimum atomic E-state index is -4.72. The molecule has 0 saturated heterocycles. The fourth-order valence-electron chi connectivity index (χ4n) is 1.84. The molecule has 0 saturated carbocycles. The lowest BCUT2D eigenvalue weighted by atomic mass is 10.3. The number of aromatic nitrogens is 1. The summed E-state index contributed by atoms with van der Waals surface area (Å²) in [6.45, 7) is 2.66. The molecule has 9 heteroatoms. The molecule has 0 aliphatic heterocycles. The van der Waals surface area contributed by atoms with Crippen LogP contribution in [0, 0.1) is 0 Å². The topological polar surface area (TPSA) is 46.8 Å². The van der Waals surface area contributed by atoms with Gasteiger partial charge >= 0.3 is 6.36 Å². The van der Waals surface area contributed by atoms with E-state index in [9.17, 15) is 13.2 Å². The largest absolute Gasteiger partial charge is 0.573 e. The van der Waals surface area contributed by atoms with Crippen molar-refractivity contribution in [1.82, 2.24) is 4.57 Å². The van der Waals surface area contributed by atoms with E-state index in [1.807, 2.05) is 6.92 Å². The normalized spacial score (nSPS) is 13.0. The third-order valence-electron chi connectivity index (χ3n) is 2.64. The highest BCUT2D eigenvalue weighted by molar-refractivity contribution is 7.99. The van der Waals surface area contributed by atoms with Gasteiger partial charge in [-0.15, -0.1) is 13.2 Å². The predicted molar refractivity (Wildman–Crippen MR) is 76.8 cm³/mol. The van der Waals surface area contributed by atoms with Crippen molar-refractivity contribution < 1.29 is 23.1 Å². The van der Waals surface area contributed by atoms with Gasteiger partial charge in [0.25, 0.3) is 0 Å². The van der Waals surface area contributed by atoms with Crippen molar-refractivity contribution >= 4 is 33.3 Å². The van der Waals surface area contributed by atoms with E-state index >= 15 is 0 Å². The Hall–Kier alpha value is -1.35. The average Bonchev–Trinajstić information content (AvgIpc) is 2.74. The van der Waals surface area contributed by atoms with Crippen LogP contribution in [0.15, 0.2) is 23.4 Å². The van der Waals surface area contributed by atoms with Gasteiger partial charge in [0.05, 0.1) is 10.2 Å². The van der Waals surface area contributed by atoms with Crippen molar-refractivity contribution in [2.45, 2.75) is 19.8 Å². The first-order valence-corrected chi connectivity index (χ1v) is 8.06. The number of benzene rings is 1. The second-order valence-corrected chi connectivity index (χ2v) is 6.41. The first kappa shape index (κ1) is 16.0. The zero-order valence-electron chi connectivity index (χ0n) is 11.1. The van der Waals surface area contributed by atoms with Crippen molar-refractivity contribution in [2.75, 3.05) is 11.5 Å². The molecule has 0 amide bonds. The van der Waals surface area contributed by atoms with Crippen LogP contribution in [0.1, 0.15) is 6.92 Å². The molecule has 0 spiro atoms. The van der Waals surface area contributed by atoms with E-state index in [4.69, 9.17) is 5.21 Å². The Labute approximate surface area is 126 Å². The summed E-state index contributed by atoms with van der Waals surface area (Å²) in [6, 6.07) is 4.09. The van der Waals surface area contributed by atoms with Gasteiger partial charge in [-0.3, -0.25) is 0 Å². The van der Waals surface area contributed by atoms with Gasteiger partial charge in [0.15, 0.2) is 0 Å². The molecule has 2 rings (SSSR count). The molecule has 2 aromatic rings. The van der Waals surface area contributed by atoms with Crippen LogP contribution < -0.4 is 9.54 Å². The summed E-state index contributed by atoms with van der Waals surface area (Å²) in [4.78, 5) is 0.353. The number of thioether (sulfide) groups is 1. The predicted octanol–water partition coefficient (Wildman–Crippen LogP) is 3.64. The molecule has 0 aliphatic rings. The molecule has 21 heavy (non-hydrogen) atoms. The van der Waals surface area contributed by atoms with Crippen molar-refractivity contribution in [3.8, 4) is 5.75 Å². The fraction of sp³-hybridized carbons (Fsp3) is 0.417. The smallest absolute Gasteiger partial charge is 0.408 e. The number of fused-ring (bicyclic) bond motifs is 1. The number of rotatable bonds is 5. The molecule has 1 N–H and O–H groups in total. The maximum Gasteiger partial charge on any atom is 0.573 e. The van der Waals surface area contributed by atoms with E-state index in [0.717, 1.165) is 28.4 Å². The fourth-order valence-corrected chi connectivity index (χ4v) is 3.44. The van der Waals surface area contributed by atoms with Crippen LogP contribution in [0.4, 0.5) is 13.2 Å². The number of thiazole rings is 1. The minimum Gasteiger partial charge on any atom is -0.408 e. The van der Waals surface area contributed by atoms with Gasteiger partial charge in [0.2, 0.25) is 4.80 Å². The molecule has 4 nitrogen and oxygen atoms in total. The first-order valence-electron chi connectivity index (χ1n) is 6.09. The van der Waals surface area contributed by atoms with Crippen molar-refractivity contribution in [1.29, 1.82) is 0 Å². The van der Waals surface area contributed by atoms with Crippen molar-refractivity contribution in [3.05, 3.63) is 23.0 Å². The number of hydrogen-bond donors (Lipinski definition) is 1. The number of hydrogen-bond acceptors (Lipinski definition) is 5. The minimum absolute atomic E-state index is 0.282. The number of halogens is 3. The van der Waals surface area contributed by atoms with Crippen molar-refractivity contribution in [2.24, 2.45) is 5.16 Å². The van der Waals surface area contributed by atoms with Gasteiger partial charge < -0.3 is 14.5 Å². The van der Waals surface area contributed by atoms with Crippen LogP contribution >= 0.6 is 23.1 Å². The maximum absolute atomic E-state index is 12.2. The molecule has 1 aromatic heterocycles. The second-order valence-electron chi connectivity index (χ2n) is 4.01. The van der Waals surface area contributed by atoms with Crippen LogP contribution in [-0.2, 0) is 6.54 Å². The lowest BCUT2D eigenvalue weighted by molar-refractivity contribution is -0.274. The molecule has 0 unspecified atom stereocenters. The maximum atomic E-state index is 12.2. The van der Waals surface area contributed by atoms with Crippen LogP contribution in [0.2, 0.25) is 0 Å². The van der Waals surface area contributed by atoms with E-state index in [0.29, 0.717) is 16.0 Å². The number of alkyl halides is 3. The molecule has 0 radical (unpaired) electrons. The molecule has 116 valence electrons. The Morgan fingerprint density at radius 3 is 2.81 bits per heavy atom. The van der Waals surface area contributed by atoms with E-state index in [2.05, 4.69) is 9.89 Å². The Kier molecular flexibility index (Phi) is 5.04. The zero-order chi connectivity index (χ0) is 15.5.